The predicted octanol–water partition coefficient (Wildman–Crippen LogP) is 4.35. The van der Waals surface area contributed by atoms with Crippen molar-refractivity contribution in [2.24, 2.45) is 0 Å². The van der Waals surface area contributed by atoms with Crippen molar-refractivity contribution in [3.63, 3.8) is 0 Å². The van der Waals surface area contributed by atoms with Gasteiger partial charge in [-0.1, -0.05) is 23.7 Å². The summed E-state index contributed by atoms with van der Waals surface area (Å²) in [6.07, 6.45) is 2.90. The van der Waals surface area contributed by atoms with E-state index in [4.69, 9.17) is 11.6 Å². The van der Waals surface area contributed by atoms with Crippen molar-refractivity contribution in [3.05, 3.63) is 57.6 Å². The average Bonchev–Trinajstić information content (AvgIpc) is 2.80. The lowest BCUT2D eigenvalue weighted by Crippen LogP contribution is -2.40. The fraction of sp³-hybridized carbons (Fsp3) is 0.435. The molecule has 2 aliphatic rings. The van der Waals surface area contributed by atoms with Crippen LogP contribution < -0.4 is 4.90 Å². The Hall–Kier alpha value is -2.04. The molecule has 0 fully saturated rings. The molecule has 4 nitrogen and oxygen atoms in total. The largest absolute Gasteiger partial charge is 0.506 e. The van der Waals surface area contributed by atoms with Crippen LogP contribution in [-0.4, -0.2) is 42.1 Å². The highest BCUT2D eigenvalue weighted by Crippen LogP contribution is 2.46. The molecule has 1 aliphatic heterocycles. The predicted molar refractivity (Wildman–Crippen MR) is 114 cm³/mol. The van der Waals surface area contributed by atoms with Crippen molar-refractivity contribution in [3.8, 4) is 5.75 Å². The van der Waals surface area contributed by atoms with E-state index in [0.717, 1.165) is 31.5 Å². The summed E-state index contributed by atoms with van der Waals surface area (Å²) in [5.74, 6) is 0.381. The number of likely N-dealkylation sites (N-methyl/N-ethyl adjacent to an activating group) is 1. The van der Waals surface area contributed by atoms with Crippen LogP contribution in [0.3, 0.4) is 0 Å². The summed E-state index contributed by atoms with van der Waals surface area (Å²) in [4.78, 5) is 16.5. The molecule has 4 rings (SSSR count). The number of benzene rings is 2. The summed E-state index contributed by atoms with van der Waals surface area (Å²) in [5.41, 5.74) is 5.93. The van der Waals surface area contributed by atoms with E-state index in [1.165, 1.54) is 22.3 Å². The Morgan fingerprint density at radius 3 is 2.79 bits per heavy atom. The van der Waals surface area contributed by atoms with Gasteiger partial charge >= 0.3 is 0 Å². The van der Waals surface area contributed by atoms with E-state index in [0.29, 0.717) is 17.6 Å². The van der Waals surface area contributed by atoms with Crippen LogP contribution in [0.25, 0.3) is 0 Å². The average molecular weight is 399 g/mol. The Balaban J connectivity index is 1.92. The first-order valence-corrected chi connectivity index (χ1v) is 10.4. The zero-order chi connectivity index (χ0) is 20.0. The number of aromatic hydroxyl groups is 1. The number of carbonyl (C=O) groups is 1. The SMILES string of the molecule is CCN(C(C)=O)c1cccc2c1CCC1[C@H]2c2cc(O)c(Cl)cc2CCN1C. The van der Waals surface area contributed by atoms with Gasteiger partial charge in [0.05, 0.1) is 5.02 Å². The van der Waals surface area contributed by atoms with E-state index in [1.54, 1.807) is 6.92 Å². The van der Waals surface area contributed by atoms with Gasteiger partial charge in [-0.3, -0.25) is 4.79 Å². The second kappa shape index (κ2) is 7.41. The maximum Gasteiger partial charge on any atom is 0.223 e. The molecule has 1 aliphatic carbocycles. The third-order valence-corrected chi connectivity index (χ3v) is 6.73. The lowest BCUT2D eigenvalue weighted by atomic mass is 9.74. The van der Waals surface area contributed by atoms with Gasteiger partial charge in [0.25, 0.3) is 0 Å². The molecule has 2 aromatic rings. The molecule has 0 saturated carbocycles. The first-order valence-electron chi connectivity index (χ1n) is 10.0. The van der Waals surface area contributed by atoms with Crippen LogP contribution in [-0.2, 0) is 17.6 Å². The topological polar surface area (TPSA) is 43.8 Å². The van der Waals surface area contributed by atoms with E-state index in [-0.39, 0.29) is 17.6 Å². The Morgan fingerprint density at radius 1 is 1.29 bits per heavy atom. The summed E-state index contributed by atoms with van der Waals surface area (Å²) < 4.78 is 0. The van der Waals surface area contributed by atoms with Gasteiger partial charge in [-0.05, 0) is 73.7 Å². The minimum absolute atomic E-state index is 0.0702. The molecule has 0 radical (unpaired) electrons. The molecule has 148 valence electrons. The van der Waals surface area contributed by atoms with Crippen LogP contribution in [0.1, 0.15) is 48.4 Å². The van der Waals surface area contributed by atoms with Gasteiger partial charge in [0, 0.05) is 37.7 Å². The van der Waals surface area contributed by atoms with Gasteiger partial charge in [0.15, 0.2) is 0 Å². The molecule has 1 amide bonds. The third-order valence-electron chi connectivity index (χ3n) is 6.43. The van der Waals surface area contributed by atoms with Crippen LogP contribution in [0.4, 0.5) is 5.69 Å². The molecule has 5 heteroatoms. The molecule has 0 saturated heterocycles. The zero-order valence-corrected chi connectivity index (χ0v) is 17.5. The van der Waals surface area contributed by atoms with Gasteiger partial charge in [-0.2, -0.15) is 0 Å². The van der Waals surface area contributed by atoms with Gasteiger partial charge in [0.1, 0.15) is 5.75 Å². The summed E-state index contributed by atoms with van der Waals surface area (Å²) in [5, 5.41) is 10.7. The number of halogens is 1. The van der Waals surface area contributed by atoms with Gasteiger partial charge in [0.2, 0.25) is 5.91 Å². The molecule has 2 aromatic carbocycles. The Bertz CT molecular complexity index is 927. The fourth-order valence-corrected chi connectivity index (χ4v) is 5.26. The summed E-state index contributed by atoms with van der Waals surface area (Å²) in [6, 6.07) is 10.5. The smallest absolute Gasteiger partial charge is 0.223 e. The van der Waals surface area contributed by atoms with Crippen LogP contribution in [0.2, 0.25) is 5.02 Å². The molecule has 0 aromatic heterocycles. The third kappa shape index (κ3) is 3.09. The van der Waals surface area contributed by atoms with Crippen molar-refractivity contribution in [1.82, 2.24) is 4.90 Å². The molecular weight excluding hydrogens is 372 g/mol. The number of nitrogens with zero attached hydrogens (tertiary/aromatic N) is 2. The van der Waals surface area contributed by atoms with Crippen molar-refractivity contribution < 1.29 is 9.90 Å². The van der Waals surface area contributed by atoms with Crippen LogP contribution in [0.15, 0.2) is 30.3 Å². The Kier molecular flexibility index (Phi) is 5.11. The van der Waals surface area contributed by atoms with Gasteiger partial charge in [-0.15, -0.1) is 0 Å². The van der Waals surface area contributed by atoms with Crippen molar-refractivity contribution in [2.75, 3.05) is 25.0 Å². The molecule has 0 spiro atoms. The molecule has 1 N–H and O–H groups in total. The maximum absolute atomic E-state index is 12.2. The molecule has 2 atom stereocenters. The van der Waals surface area contributed by atoms with Gasteiger partial charge < -0.3 is 14.9 Å². The maximum atomic E-state index is 12.2. The molecular formula is C23H27ClN2O2. The van der Waals surface area contributed by atoms with E-state index in [9.17, 15) is 9.90 Å². The Morgan fingerprint density at radius 2 is 2.07 bits per heavy atom. The van der Waals surface area contributed by atoms with Crippen molar-refractivity contribution in [1.29, 1.82) is 0 Å². The zero-order valence-electron chi connectivity index (χ0n) is 16.7. The van der Waals surface area contributed by atoms with Crippen molar-refractivity contribution in [2.45, 2.75) is 45.1 Å². The summed E-state index contributed by atoms with van der Waals surface area (Å²) in [6.45, 7) is 5.27. The van der Waals surface area contributed by atoms with E-state index >= 15 is 0 Å². The number of anilines is 1. The minimum Gasteiger partial charge on any atom is -0.506 e. The first-order chi connectivity index (χ1) is 13.4. The number of phenolic OH excluding ortho intramolecular Hbond substituents is 1. The van der Waals surface area contributed by atoms with E-state index in [1.807, 2.05) is 24.0 Å². The summed E-state index contributed by atoms with van der Waals surface area (Å²) in [7, 11) is 2.19. The number of carbonyl (C=O) groups excluding carboxylic acids is 1. The highest BCUT2D eigenvalue weighted by Gasteiger charge is 2.38. The lowest BCUT2D eigenvalue weighted by molar-refractivity contribution is -0.116. The number of fused-ring (bicyclic) bond motifs is 5. The number of hydrogen-bond acceptors (Lipinski definition) is 3. The standard InChI is InChI=1S/C23H27ClN2O2/c1-4-26(14(2)27)20-7-5-6-17-16(20)8-9-21-23(17)18-13-22(28)19(24)12-15(18)10-11-25(21)3/h5-7,12-13,21,23,28H,4,8-11H2,1-3H3/t21?,23-/m1/s1. The molecule has 1 heterocycles. The highest BCUT2D eigenvalue weighted by molar-refractivity contribution is 6.32. The first kappa shape index (κ1) is 19.3. The second-order valence-electron chi connectivity index (χ2n) is 7.92. The molecule has 1 unspecified atom stereocenters. The molecule has 0 bridgehead atoms. The van der Waals surface area contributed by atoms with Crippen LogP contribution >= 0.6 is 11.6 Å². The lowest BCUT2D eigenvalue weighted by Gasteiger charge is -2.39. The number of amides is 1. The number of rotatable bonds is 2. The highest BCUT2D eigenvalue weighted by atomic mass is 35.5. The molecule has 28 heavy (non-hydrogen) atoms. The van der Waals surface area contributed by atoms with Crippen LogP contribution in [0, 0.1) is 0 Å². The monoisotopic (exact) mass is 398 g/mol. The van der Waals surface area contributed by atoms with E-state index < -0.39 is 0 Å². The van der Waals surface area contributed by atoms with Gasteiger partial charge in [-0.25, -0.2) is 0 Å². The minimum atomic E-state index is 0.0702. The Labute approximate surface area is 171 Å². The number of phenols is 1. The van der Waals surface area contributed by atoms with E-state index in [2.05, 4.69) is 30.1 Å². The summed E-state index contributed by atoms with van der Waals surface area (Å²) >= 11 is 6.22. The second-order valence-corrected chi connectivity index (χ2v) is 8.33. The normalized spacial score (nSPS) is 21.3. The fourth-order valence-electron chi connectivity index (χ4n) is 5.07. The number of hydrogen-bond donors (Lipinski definition) is 1. The van der Waals surface area contributed by atoms with Crippen LogP contribution in [0.5, 0.6) is 5.75 Å². The quantitative estimate of drug-likeness (QED) is 0.817. The van der Waals surface area contributed by atoms with Crippen molar-refractivity contribution >= 4 is 23.2 Å².